The third-order valence-corrected chi connectivity index (χ3v) is 9.07. The first-order valence-electron chi connectivity index (χ1n) is 16.1. The molecule has 2 atom stereocenters. The molecule has 6 rings (SSSR count). The topological polar surface area (TPSA) is 129 Å². The van der Waals surface area contributed by atoms with Gasteiger partial charge in [-0.1, -0.05) is 20.4 Å². The number of nitrogens with one attached hydrogen (secondary N) is 2. The van der Waals surface area contributed by atoms with Crippen molar-refractivity contribution in [3.8, 4) is 0 Å². The smallest absolute Gasteiger partial charge is 0.337 e. The Bertz CT molecular complexity index is 2090. The van der Waals surface area contributed by atoms with Gasteiger partial charge in [0.05, 0.1) is 59.7 Å². The predicted octanol–water partition coefficient (Wildman–Crippen LogP) is 6.67. The van der Waals surface area contributed by atoms with Crippen LogP contribution in [0.25, 0.3) is 5.57 Å². The second-order valence-electron chi connectivity index (χ2n) is 12.8. The zero-order valence-corrected chi connectivity index (χ0v) is 32.3. The van der Waals surface area contributed by atoms with Crippen LogP contribution >= 0.6 is 0 Å². The molecule has 0 saturated heterocycles. The number of cyclic esters (lactones) is 2. The van der Waals surface area contributed by atoms with Crippen molar-refractivity contribution in [2.45, 2.75) is 52.4 Å². The summed E-state index contributed by atoms with van der Waals surface area (Å²) in [5, 5.41) is 5.93. The number of carbonyl (C=O) groups is 4. The minimum absolute atomic E-state index is 0. The normalized spacial score (nSPS) is 18.6. The first-order chi connectivity index (χ1) is 24.5. The van der Waals surface area contributed by atoms with Crippen LogP contribution in [0.4, 0.5) is 17.6 Å². The van der Waals surface area contributed by atoms with Gasteiger partial charge in [0.25, 0.3) is 0 Å². The Kier molecular flexibility index (Phi) is 13.7. The fraction of sp³-hybridized carbons (Fsp3) is 0.308. The average Bonchev–Trinajstić information content (AvgIpc) is 3.62. The van der Waals surface area contributed by atoms with Gasteiger partial charge in [-0.2, -0.15) is 0 Å². The molecule has 294 valence electrons. The van der Waals surface area contributed by atoms with Crippen LogP contribution in [0.15, 0.2) is 75.9 Å². The first kappa shape index (κ1) is 43.4. The fourth-order valence-electron chi connectivity index (χ4n) is 7.04. The van der Waals surface area contributed by atoms with E-state index in [2.05, 4.69) is 17.2 Å². The number of dihydropyridines is 2. The first-order valence-corrected chi connectivity index (χ1v) is 16.1. The number of hydrogen-bond acceptors (Lipinski definition) is 10. The fourth-order valence-corrected chi connectivity index (χ4v) is 7.04. The SMILES string of the molecule is C=C(C)c1c(F)cc(F)cc1[C@H]1C(C(=O)OC)=C(C)NC2=C1C(=O)OC2.COC(=O)C1=C(C)NC2=C(C(=O)OC2)[C@H]1c1cc(F)cc(F)c1C(C)C.[CH3-].[HH].[Pd]. The summed E-state index contributed by atoms with van der Waals surface area (Å²) in [5.74, 6) is -8.07. The summed E-state index contributed by atoms with van der Waals surface area (Å²) >= 11 is 0. The van der Waals surface area contributed by atoms with Crippen molar-refractivity contribution in [2.24, 2.45) is 0 Å². The van der Waals surface area contributed by atoms with Crippen molar-refractivity contribution in [1.29, 1.82) is 0 Å². The monoisotopic (exact) mass is 847 g/mol. The number of hydrogen-bond donors (Lipinski definition) is 2. The molecule has 0 amide bonds. The molecule has 0 radical (unpaired) electrons. The van der Waals surface area contributed by atoms with Gasteiger partial charge in [-0.05, 0) is 61.1 Å². The molecule has 0 unspecified atom stereocenters. The van der Waals surface area contributed by atoms with Crippen LogP contribution in [0.2, 0.25) is 0 Å². The summed E-state index contributed by atoms with van der Waals surface area (Å²) in [6, 6.07) is 3.82. The summed E-state index contributed by atoms with van der Waals surface area (Å²) < 4.78 is 76.9. The van der Waals surface area contributed by atoms with E-state index < -0.39 is 59.0 Å². The number of benzene rings is 2. The average molecular weight is 848 g/mol. The van der Waals surface area contributed by atoms with Crippen molar-refractivity contribution in [3.63, 3.8) is 0 Å². The number of methoxy groups -OCH3 is 2. The number of halogens is 4. The molecule has 2 aromatic carbocycles. The standard InChI is InChI=1S/C19H19F2NO4.C19H17F2NO4.CH3.Pd.H2/c2*1-8(2)14-11(5-10(20)6-12(14)21)16-15(18(23)25-4)9(3)22-13-7-26-19(24)17(13)16;;;/h5-6,8,16,22H,7H2,1-4H3;5-6,16,22H,1,7H2,2-4H3;1H3;;1H/q;;-1;;/t2*16-;;;/m00.../s1. The molecule has 0 spiro atoms. The van der Waals surface area contributed by atoms with E-state index in [1.807, 2.05) is 0 Å². The minimum atomic E-state index is -1.02. The third-order valence-electron chi connectivity index (χ3n) is 9.07. The molecule has 0 bridgehead atoms. The van der Waals surface area contributed by atoms with Gasteiger partial charge in [0, 0.05) is 50.9 Å². The van der Waals surface area contributed by atoms with E-state index in [-0.39, 0.29) is 93.0 Å². The maximum absolute atomic E-state index is 14.5. The molecule has 10 nitrogen and oxygen atoms in total. The Hall–Kier alpha value is -5.00. The van der Waals surface area contributed by atoms with Crippen LogP contribution in [0.1, 0.15) is 76.1 Å². The van der Waals surface area contributed by atoms with Gasteiger partial charge in [0.15, 0.2) is 0 Å². The number of carbonyl (C=O) groups excluding carboxylic acids is 4. The minimum Gasteiger partial charge on any atom is -0.466 e. The van der Waals surface area contributed by atoms with E-state index in [9.17, 15) is 36.7 Å². The van der Waals surface area contributed by atoms with E-state index >= 15 is 0 Å². The van der Waals surface area contributed by atoms with E-state index in [0.29, 0.717) is 28.4 Å². The van der Waals surface area contributed by atoms with Gasteiger partial charge in [-0.3, -0.25) is 0 Å². The van der Waals surface area contributed by atoms with Crippen LogP contribution in [-0.2, 0) is 58.5 Å². The van der Waals surface area contributed by atoms with Crippen molar-refractivity contribution in [2.75, 3.05) is 27.4 Å². The van der Waals surface area contributed by atoms with Gasteiger partial charge in [0.1, 0.15) is 36.5 Å². The molecule has 0 aliphatic carbocycles. The van der Waals surface area contributed by atoms with Crippen molar-refractivity contribution in [3.05, 3.63) is 129 Å². The van der Waals surface area contributed by atoms with Gasteiger partial charge in [-0.15, -0.1) is 0 Å². The second kappa shape index (κ2) is 17.0. The predicted molar refractivity (Wildman–Crippen MR) is 187 cm³/mol. The molecule has 4 heterocycles. The molecule has 0 fully saturated rings. The molecule has 4 aliphatic rings. The van der Waals surface area contributed by atoms with Crippen molar-refractivity contribution < 1.29 is 77.5 Å². The zero-order chi connectivity index (χ0) is 38.3. The largest absolute Gasteiger partial charge is 0.466 e. The van der Waals surface area contributed by atoms with Crippen LogP contribution in [0, 0.1) is 30.7 Å². The van der Waals surface area contributed by atoms with Gasteiger partial charge >= 0.3 is 23.9 Å². The molecule has 0 saturated carbocycles. The molecule has 15 heteroatoms. The van der Waals surface area contributed by atoms with E-state index in [0.717, 1.165) is 18.2 Å². The van der Waals surface area contributed by atoms with Crippen LogP contribution in [0.3, 0.4) is 0 Å². The Morgan fingerprint density at radius 2 is 1.20 bits per heavy atom. The van der Waals surface area contributed by atoms with Gasteiger partial charge in [0.2, 0.25) is 0 Å². The van der Waals surface area contributed by atoms with Gasteiger partial charge in [-0.25, -0.2) is 36.7 Å². The second-order valence-corrected chi connectivity index (χ2v) is 12.8. The zero-order valence-electron chi connectivity index (χ0n) is 30.8. The number of allylic oxidation sites excluding steroid dienone is 3. The third kappa shape index (κ3) is 7.79. The number of rotatable bonds is 6. The summed E-state index contributed by atoms with van der Waals surface area (Å²) in [7, 11) is 2.41. The van der Waals surface area contributed by atoms with Crippen LogP contribution in [0.5, 0.6) is 0 Å². The quantitative estimate of drug-likeness (QED) is 0.107. The number of esters is 4. The number of ether oxygens (including phenoxy) is 4. The van der Waals surface area contributed by atoms with Crippen molar-refractivity contribution >= 4 is 29.5 Å². The van der Waals surface area contributed by atoms with E-state index in [1.165, 1.54) is 20.3 Å². The maximum atomic E-state index is 14.5. The molecule has 4 aliphatic heterocycles. The Morgan fingerprint density at radius 1 is 0.796 bits per heavy atom. The Balaban J connectivity index is 0.000000360. The van der Waals surface area contributed by atoms with E-state index in [4.69, 9.17) is 18.9 Å². The van der Waals surface area contributed by atoms with E-state index in [1.54, 1.807) is 34.6 Å². The van der Waals surface area contributed by atoms with Gasteiger partial charge < -0.3 is 37.0 Å². The van der Waals surface area contributed by atoms with Crippen molar-refractivity contribution in [1.82, 2.24) is 10.6 Å². The molecule has 0 aromatic heterocycles. The summed E-state index contributed by atoms with van der Waals surface area (Å²) in [6.45, 7) is 12.1. The van der Waals surface area contributed by atoms with Crippen LogP contribution < -0.4 is 10.6 Å². The summed E-state index contributed by atoms with van der Waals surface area (Å²) in [6.07, 6.45) is 0. The Morgan fingerprint density at radius 3 is 1.61 bits per heavy atom. The molecule has 2 N–H and O–H groups in total. The maximum Gasteiger partial charge on any atom is 0.337 e. The van der Waals surface area contributed by atoms with Crippen LogP contribution in [-0.4, -0.2) is 51.3 Å². The molecular formula is C39H41F4N2O8Pd-. The molecule has 2 aromatic rings. The Labute approximate surface area is 325 Å². The summed E-state index contributed by atoms with van der Waals surface area (Å²) in [4.78, 5) is 49.5. The molecule has 54 heavy (non-hydrogen) atoms. The molecular weight excluding hydrogens is 807 g/mol. The summed E-state index contributed by atoms with van der Waals surface area (Å²) in [5.41, 5.74) is 3.39.